The molecule has 0 radical (unpaired) electrons. The van der Waals surface area contributed by atoms with E-state index in [1.165, 1.54) is 18.3 Å². The van der Waals surface area contributed by atoms with Crippen LogP contribution in [0.15, 0.2) is 39.2 Å². The second kappa shape index (κ2) is 16.0. The van der Waals surface area contributed by atoms with Gasteiger partial charge in [0.2, 0.25) is 5.91 Å². The van der Waals surface area contributed by atoms with Crippen molar-refractivity contribution in [1.82, 2.24) is 16.0 Å². The van der Waals surface area contributed by atoms with Crippen LogP contribution in [0.5, 0.6) is 0 Å². The minimum absolute atomic E-state index is 0.00730. The first-order valence-corrected chi connectivity index (χ1v) is 13.0. The molecule has 2 heterocycles. The molecule has 2 aliphatic rings. The summed E-state index contributed by atoms with van der Waals surface area (Å²) in [5, 5.41) is 20.1. The molecule has 16 nitrogen and oxygen atoms in total. The first-order chi connectivity index (χ1) is 19.8. The molecule has 222 valence electrons. The number of aliphatic imine (C=N–C) groups is 3. The van der Waals surface area contributed by atoms with Gasteiger partial charge in [-0.05, 0) is 30.7 Å². The van der Waals surface area contributed by atoms with Crippen LogP contribution in [0.25, 0.3) is 0 Å². The van der Waals surface area contributed by atoms with Gasteiger partial charge in [0.25, 0.3) is 11.8 Å². The van der Waals surface area contributed by atoms with Crippen LogP contribution in [0.4, 0.5) is 5.69 Å². The fourth-order valence-corrected chi connectivity index (χ4v) is 3.75. The monoisotopic (exact) mass is 573 g/mol. The zero-order chi connectivity index (χ0) is 29.6. The highest BCUT2D eigenvalue weighted by molar-refractivity contribution is 6.33. The molecule has 3 amide bonds. The smallest absolute Gasteiger partial charge is 0.326 e. The Labute approximate surface area is 236 Å². The summed E-state index contributed by atoms with van der Waals surface area (Å²) in [5.41, 5.74) is 12.3. The van der Waals surface area contributed by atoms with Crippen molar-refractivity contribution >= 4 is 47.3 Å². The van der Waals surface area contributed by atoms with Gasteiger partial charge in [-0.15, -0.1) is 0 Å². The highest BCUT2D eigenvalue weighted by Crippen LogP contribution is 2.14. The van der Waals surface area contributed by atoms with Crippen LogP contribution < -0.4 is 32.7 Å². The topological polar surface area (TPSA) is 244 Å². The van der Waals surface area contributed by atoms with Crippen molar-refractivity contribution in [3.8, 4) is 0 Å². The maximum absolute atomic E-state index is 12.6. The Hall–Kier alpha value is -4.41. The molecule has 0 saturated heterocycles. The predicted molar refractivity (Wildman–Crippen MR) is 150 cm³/mol. The standard InChI is InChI=1S/C25H35N9O7/c26-7-9-40-11-12-41-10-8-28-19(35)6-5-18(24(38)39)32-22(36)15-1-3-16(4-2-15)29-13-17-14-30-21-20(31-17)23(37)34-25(27)33-21/h1-4,14,18,20-21,29H,5-13,26H2,(H,28,35)(H,32,36)(H,38,39)(H3,27,33,34,37)/t18-,20?,21?/m1/s1. The predicted octanol–water partition coefficient (Wildman–Crippen LogP) is -2.17. The molecule has 0 bridgehead atoms. The molecule has 2 aliphatic heterocycles. The van der Waals surface area contributed by atoms with E-state index in [9.17, 15) is 24.3 Å². The number of nitrogens with one attached hydrogen (secondary N) is 4. The molecular formula is C25H35N9O7. The largest absolute Gasteiger partial charge is 0.480 e. The molecule has 16 heteroatoms. The average molecular weight is 574 g/mol. The van der Waals surface area contributed by atoms with Gasteiger partial charge >= 0.3 is 5.97 Å². The quantitative estimate of drug-likeness (QED) is 0.0994. The number of fused-ring (bicyclic) bond motifs is 1. The highest BCUT2D eigenvalue weighted by Gasteiger charge is 2.34. The summed E-state index contributed by atoms with van der Waals surface area (Å²) in [4.78, 5) is 61.0. The Balaban J connectivity index is 1.39. The molecule has 3 atom stereocenters. The maximum Gasteiger partial charge on any atom is 0.326 e. The normalized spacial score (nSPS) is 18.3. The third-order valence-electron chi connectivity index (χ3n) is 5.84. The Bertz CT molecular complexity index is 1170. The van der Waals surface area contributed by atoms with E-state index >= 15 is 0 Å². The van der Waals surface area contributed by atoms with Crippen molar-refractivity contribution < 1.29 is 33.8 Å². The number of amides is 3. The van der Waals surface area contributed by atoms with Crippen molar-refractivity contribution in [2.75, 3.05) is 51.4 Å². The molecule has 0 spiro atoms. The molecule has 9 N–H and O–H groups in total. The van der Waals surface area contributed by atoms with Gasteiger partial charge in [-0.2, -0.15) is 0 Å². The molecule has 0 fully saturated rings. The van der Waals surface area contributed by atoms with Gasteiger partial charge in [0.15, 0.2) is 18.2 Å². The Morgan fingerprint density at radius 2 is 1.80 bits per heavy atom. The number of anilines is 1. The number of benzene rings is 1. The number of hydrogen-bond donors (Lipinski definition) is 7. The SMILES string of the molecule is NCCOCCOCCNC(=O)CC[C@@H](NC(=O)c1ccc(NCC2=NC3C(=O)NC(N)=NC3N=C2)cc1)C(=O)O. The van der Waals surface area contributed by atoms with E-state index in [-0.39, 0.29) is 55.9 Å². The number of hydrogen-bond acceptors (Lipinski definition) is 12. The minimum atomic E-state index is -1.25. The molecule has 0 aromatic heterocycles. The number of carbonyl (C=O) groups excluding carboxylic acids is 3. The van der Waals surface area contributed by atoms with Crippen molar-refractivity contribution in [1.29, 1.82) is 0 Å². The molecular weight excluding hydrogens is 538 g/mol. The third-order valence-corrected chi connectivity index (χ3v) is 5.84. The van der Waals surface area contributed by atoms with E-state index in [0.717, 1.165) is 0 Å². The summed E-state index contributed by atoms with van der Waals surface area (Å²) in [5.74, 6) is -2.56. The number of rotatable bonds is 17. The zero-order valence-electron chi connectivity index (χ0n) is 22.4. The number of guanidine groups is 1. The summed E-state index contributed by atoms with van der Waals surface area (Å²) >= 11 is 0. The molecule has 0 saturated carbocycles. The van der Waals surface area contributed by atoms with Crippen LogP contribution in [-0.4, -0.2) is 111 Å². The first-order valence-electron chi connectivity index (χ1n) is 13.0. The summed E-state index contributed by atoms with van der Waals surface area (Å²) in [6.07, 6.45) is 0.677. The van der Waals surface area contributed by atoms with Gasteiger partial charge in [-0.1, -0.05) is 0 Å². The van der Waals surface area contributed by atoms with Gasteiger partial charge in [-0.3, -0.25) is 29.7 Å². The number of carbonyl (C=O) groups is 4. The van der Waals surface area contributed by atoms with E-state index in [1.54, 1.807) is 12.1 Å². The summed E-state index contributed by atoms with van der Waals surface area (Å²) < 4.78 is 10.5. The van der Waals surface area contributed by atoms with Crippen molar-refractivity contribution in [2.24, 2.45) is 26.4 Å². The van der Waals surface area contributed by atoms with Gasteiger partial charge in [0, 0.05) is 37.0 Å². The Kier molecular flexibility index (Phi) is 12.1. The number of carboxylic acid groups (broad SMARTS) is 1. The van der Waals surface area contributed by atoms with Crippen LogP contribution in [0.3, 0.4) is 0 Å². The molecule has 1 aromatic carbocycles. The van der Waals surface area contributed by atoms with Gasteiger partial charge in [0.1, 0.15) is 6.04 Å². The molecule has 41 heavy (non-hydrogen) atoms. The van der Waals surface area contributed by atoms with E-state index in [1.807, 2.05) is 0 Å². The van der Waals surface area contributed by atoms with E-state index in [4.69, 9.17) is 20.9 Å². The van der Waals surface area contributed by atoms with Crippen molar-refractivity contribution in [3.05, 3.63) is 29.8 Å². The van der Waals surface area contributed by atoms with Crippen molar-refractivity contribution in [3.63, 3.8) is 0 Å². The lowest BCUT2D eigenvalue weighted by molar-refractivity contribution is -0.139. The van der Waals surface area contributed by atoms with Crippen LogP contribution in [0.1, 0.15) is 23.2 Å². The van der Waals surface area contributed by atoms with Crippen molar-refractivity contribution in [2.45, 2.75) is 31.1 Å². The third kappa shape index (κ3) is 10.3. The molecule has 3 rings (SSSR count). The lowest BCUT2D eigenvalue weighted by Gasteiger charge is -2.25. The number of carboxylic acids is 1. The number of aliphatic carboxylic acids is 1. The first kappa shape index (κ1) is 31.1. The number of nitrogens with zero attached hydrogens (tertiary/aromatic N) is 3. The fraction of sp³-hybridized carbons (Fsp3) is 0.480. The Morgan fingerprint density at radius 1 is 1.07 bits per heavy atom. The number of nitrogens with two attached hydrogens (primary N) is 2. The zero-order valence-corrected chi connectivity index (χ0v) is 22.4. The van der Waals surface area contributed by atoms with Crippen LogP contribution in [0.2, 0.25) is 0 Å². The minimum Gasteiger partial charge on any atom is -0.480 e. The van der Waals surface area contributed by atoms with Gasteiger partial charge in [0.05, 0.1) is 38.7 Å². The van der Waals surface area contributed by atoms with E-state index in [2.05, 4.69) is 36.2 Å². The summed E-state index contributed by atoms with van der Waals surface area (Å²) in [7, 11) is 0. The lowest BCUT2D eigenvalue weighted by atomic mass is 10.1. The van der Waals surface area contributed by atoms with Crippen LogP contribution >= 0.6 is 0 Å². The van der Waals surface area contributed by atoms with Crippen LogP contribution in [0, 0.1) is 0 Å². The fourth-order valence-electron chi connectivity index (χ4n) is 3.75. The molecule has 1 aromatic rings. The van der Waals surface area contributed by atoms with E-state index in [0.29, 0.717) is 37.8 Å². The molecule has 2 unspecified atom stereocenters. The average Bonchev–Trinajstić information content (AvgIpc) is 2.95. The highest BCUT2D eigenvalue weighted by atomic mass is 16.5. The summed E-state index contributed by atoms with van der Waals surface area (Å²) in [6.45, 7) is 2.48. The van der Waals surface area contributed by atoms with Gasteiger partial charge < -0.3 is 42.0 Å². The number of ether oxygens (including phenoxy) is 2. The Morgan fingerprint density at radius 3 is 2.51 bits per heavy atom. The molecule has 0 aliphatic carbocycles. The second-order valence-electron chi connectivity index (χ2n) is 8.96. The summed E-state index contributed by atoms with van der Waals surface area (Å²) in [6, 6.07) is 4.32. The lowest BCUT2D eigenvalue weighted by Crippen LogP contribution is -2.52. The maximum atomic E-state index is 12.6. The van der Waals surface area contributed by atoms with Crippen LogP contribution in [-0.2, 0) is 23.9 Å². The second-order valence-corrected chi connectivity index (χ2v) is 8.96. The van der Waals surface area contributed by atoms with E-state index < -0.39 is 30.1 Å². The van der Waals surface area contributed by atoms with Gasteiger partial charge in [-0.25, -0.2) is 9.79 Å².